The van der Waals surface area contributed by atoms with Crippen LogP contribution < -0.4 is 4.74 Å². The molecule has 22 heavy (non-hydrogen) atoms. The minimum absolute atomic E-state index is 0.148. The second-order valence-electron chi connectivity index (χ2n) is 6.38. The van der Waals surface area contributed by atoms with Gasteiger partial charge < -0.3 is 14.6 Å². The molecule has 1 aliphatic heterocycles. The van der Waals surface area contributed by atoms with Crippen molar-refractivity contribution in [3.8, 4) is 5.75 Å². The van der Waals surface area contributed by atoms with E-state index in [0.717, 1.165) is 0 Å². The van der Waals surface area contributed by atoms with Crippen molar-refractivity contribution in [1.29, 1.82) is 0 Å². The molecule has 0 spiro atoms. The Balaban J connectivity index is 2.03. The molecule has 0 radical (unpaired) electrons. The maximum absolute atomic E-state index is 13.6. The van der Waals surface area contributed by atoms with Crippen LogP contribution in [0.2, 0.25) is 0 Å². The minimum atomic E-state index is -0.610. The van der Waals surface area contributed by atoms with Gasteiger partial charge in [0.15, 0.2) is 11.6 Å². The predicted molar refractivity (Wildman–Crippen MR) is 79.2 cm³/mol. The second kappa shape index (κ2) is 6.52. The van der Waals surface area contributed by atoms with Crippen LogP contribution in [0.1, 0.15) is 27.2 Å². The summed E-state index contributed by atoms with van der Waals surface area (Å²) in [6.45, 7) is 5.41. The van der Waals surface area contributed by atoms with Crippen LogP contribution in [0.25, 0.3) is 0 Å². The fraction of sp³-hybridized carbons (Fsp3) is 0.562. The van der Waals surface area contributed by atoms with Crippen molar-refractivity contribution >= 4 is 6.09 Å². The standard InChI is InChI=1S/C16H22FNO4/c1-16(2,3)22-15(20)18-9-12(8-11(18)10-19)21-14-7-5-4-6-13(14)17/h4-7,11-12,19H,8-10H2,1-3H3/t11-,12-/m0/s1. The number of carbonyl (C=O) groups excluding carboxylic acids is 1. The maximum Gasteiger partial charge on any atom is 0.410 e. The summed E-state index contributed by atoms with van der Waals surface area (Å²) in [4.78, 5) is 13.6. The zero-order chi connectivity index (χ0) is 16.3. The summed E-state index contributed by atoms with van der Waals surface area (Å²) >= 11 is 0. The molecule has 122 valence electrons. The van der Waals surface area contributed by atoms with Crippen molar-refractivity contribution in [1.82, 2.24) is 4.90 Å². The Hall–Kier alpha value is -1.82. The number of rotatable bonds is 3. The van der Waals surface area contributed by atoms with E-state index in [9.17, 15) is 14.3 Å². The normalized spacial score (nSPS) is 21.8. The number of aliphatic hydroxyl groups excluding tert-OH is 1. The van der Waals surface area contributed by atoms with Crippen molar-refractivity contribution in [2.24, 2.45) is 0 Å². The molecular formula is C16H22FNO4. The van der Waals surface area contributed by atoms with Crippen LogP contribution in [0.15, 0.2) is 24.3 Å². The monoisotopic (exact) mass is 311 g/mol. The smallest absolute Gasteiger partial charge is 0.410 e. The molecule has 1 amide bonds. The summed E-state index contributed by atoms with van der Waals surface area (Å²) < 4.78 is 24.6. The zero-order valence-corrected chi connectivity index (χ0v) is 13.1. The highest BCUT2D eigenvalue weighted by atomic mass is 19.1. The van der Waals surface area contributed by atoms with Crippen LogP contribution in [0.3, 0.4) is 0 Å². The Bertz CT molecular complexity index is 529. The van der Waals surface area contributed by atoms with E-state index >= 15 is 0 Å². The molecule has 2 atom stereocenters. The molecule has 1 saturated heterocycles. The first kappa shape index (κ1) is 16.5. The predicted octanol–water partition coefficient (Wildman–Crippen LogP) is 2.57. The molecule has 1 fully saturated rings. The van der Waals surface area contributed by atoms with Gasteiger partial charge in [0.1, 0.15) is 11.7 Å². The van der Waals surface area contributed by atoms with Crippen LogP contribution in [0, 0.1) is 5.82 Å². The number of para-hydroxylation sites is 1. The molecule has 1 aromatic carbocycles. The molecule has 0 unspecified atom stereocenters. The summed E-state index contributed by atoms with van der Waals surface area (Å²) in [6, 6.07) is 5.74. The summed E-state index contributed by atoms with van der Waals surface area (Å²) in [5.74, 6) is -0.297. The van der Waals surface area contributed by atoms with Gasteiger partial charge in [-0.05, 0) is 32.9 Å². The topological polar surface area (TPSA) is 59.0 Å². The quantitative estimate of drug-likeness (QED) is 0.932. The Morgan fingerprint density at radius 2 is 2.09 bits per heavy atom. The highest BCUT2D eigenvalue weighted by Crippen LogP contribution is 2.26. The SMILES string of the molecule is CC(C)(C)OC(=O)N1C[C@@H](Oc2ccccc2F)C[C@H]1CO. The number of benzene rings is 1. The minimum Gasteiger partial charge on any atom is -0.485 e. The lowest BCUT2D eigenvalue weighted by Gasteiger charge is -2.27. The van der Waals surface area contributed by atoms with Gasteiger partial charge in [-0.2, -0.15) is 0 Å². The second-order valence-corrected chi connectivity index (χ2v) is 6.38. The average Bonchev–Trinajstić information content (AvgIpc) is 2.83. The summed E-state index contributed by atoms with van der Waals surface area (Å²) in [6.07, 6.45) is -0.433. The van der Waals surface area contributed by atoms with Gasteiger partial charge in [0, 0.05) is 6.42 Å². The summed E-state index contributed by atoms with van der Waals surface area (Å²) in [5.41, 5.74) is -0.610. The lowest BCUT2D eigenvalue weighted by atomic mass is 10.2. The van der Waals surface area contributed by atoms with Crippen LogP contribution >= 0.6 is 0 Å². The van der Waals surface area contributed by atoms with Gasteiger partial charge in [0.25, 0.3) is 0 Å². The summed E-state index contributed by atoms with van der Waals surface area (Å²) in [7, 11) is 0. The van der Waals surface area contributed by atoms with Crippen LogP contribution in [0.4, 0.5) is 9.18 Å². The Kier molecular flexibility index (Phi) is 4.90. The molecule has 0 aliphatic carbocycles. The molecule has 1 aliphatic rings. The van der Waals surface area contributed by atoms with E-state index in [-0.39, 0.29) is 31.0 Å². The lowest BCUT2D eigenvalue weighted by Crippen LogP contribution is -2.41. The number of likely N-dealkylation sites (tertiary alicyclic amines) is 1. The van der Waals surface area contributed by atoms with E-state index in [4.69, 9.17) is 9.47 Å². The van der Waals surface area contributed by atoms with Gasteiger partial charge in [-0.15, -0.1) is 0 Å². The number of aliphatic hydroxyl groups is 1. The fourth-order valence-corrected chi connectivity index (χ4v) is 2.40. The average molecular weight is 311 g/mol. The molecule has 0 aromatic heterocycles. The van der Waals surface area contributed by atoms with Crippen LogP contribution in [0.5, 0.6) is 5.75 Å². The largest absolute Gasteiger partial charge is 0.485 e. The molecule has 1 heterocycles. The van der Waals surface area contributed by atoms with Gasteiger partial charge >= 0.3 is 6.09 Å². The number of hydrogen-bond acceptors (Lipinski definition) is 4. The molecule has 1 aromatic rings. The van der Waals surface area contributed by atoms with Gasteiger partial charge in [-0.25, -0.2) is 9.18 Å². The third-order valence-corrected chi connectivity index (χ3v) is 3.35. The van der Waals surface area contributed by atoms with Gasteiger partial charge in [0.2, 0.25) is 0 Å². The number of hydrogen-bond donors (Lipinski definition) is 1. The third kappa shape index (κ3) is 4.10. The molecule has 0 saturated carbocycles. The number of amides is 1. The first-order valence-corrected chi connectivity index (χ1v) is 7.32. The van der Waals surface area contributed by atoms with Crippen molar-refractivity contribution in [2.45, 2.75) is 44.9 Å². The Morgan fingerprint density at radius 1 is 1.41 bits per heavy atom. The molecule has 2 rings (SSSR count). The van der Waals surface area contributed by atoms with Crippen LogP contribution in [-0.4, -0.2) is 47.0 Å². The fourth-order valence-electron chi connectivity index (χ4n) is 2.40. The summed E-state index contributed by atoms with van der Waals surface area (Å²) in [5, 5.41) is 9.44. The van der Waals surface area contributed by atoms with E-state index in [0.29, 0.717) is 6.42 Å². The zero-order valence-electron chi connectivity index (χ0n) is 13.1. The first-order chi connectivity index (χ1) is 10.3. The van der Waals surface area contributed by atoms with Gasteiger partial charge in [-0.1, -0.05) is 12.1 Å². The third-order valence-electron chi connectivity index (χ3n) is 3.35. The Labute approximate surface area is 129 Å². The maximum atomic E-state index is 13.6. The first-order valence-electron chi connectivity index (χ1n) is 7.32. The molecule has 0 bridgehead atoms. The molecule has 5 nitrogen and oxygen atoms in total. The number of carbonyl (C=O) groups is 1. The lowest BCUT2D eigenvalue weighted by molar-refractivity contribution is 0.0165. The van der Waals surface area contributed by atoms with Crippen molar-refractivity contribution in [2.75, 3.05) is 13.2 Å². The van der Waals surface area contributed by atoms with Crippen molar-refractivity contribution in [3.05, 3.63) is 30.1 Å². The van der Waals surface area contributed by atoms with E-state index in [1.165, 1.54) is 11.0 Å². The number of ether oxygens (including phenoxy) is 2. The van der Waals surface area contributed by atoms with Crippen LogP contribution in [-0.2, 0) is 4.74 Å². The van der Waals surface area contributed by atoms with E-state index in [1.54, 1.807) is 39.0 Å². The molecular weight excluding hydrogens is 289 g/mol. The Morgan fingerprint density at radius 3 is 2.68 bits per heavy atom. The van der Waals surface area contributed by atoms with Crippen molar-refractivity contribution < 1.29 is 23.8 Å². The van der Waals surface area contributed by atoms with Gasteiger partial charge in [0.05, 0.1) is 19.2 Å². The molecule has 1 N–H and O–H groups in total. The van der Waals surface area contributed by atoms with Gasteiger partial charge in [-0.3, -0.25) is 4.90 Å². The van der Waals surface area contributed by atoms with E-state index in [2.05, 4.69) is 0 Å². The molecule has 6 heteroatoms. The van der Waals surface area contributed by atoms with E-state index < -0.39 is 17.5 Å². The highest BCUT2D eigenvalue weighted by molar-refractivity contribution is 5.69. The number of nitrogens with zero attached hydrogens (tertiary/aromatic N) is 1. The van der Waals surface area contributed by atoms with Crippen molar-refractivity contribution in [3.63, 3.8) is 0 Å². The van der Waals surface area contributed by atoms with E-state index in [1.807, 2.05) is 0 Å². The number of halogens is 1. The highest BCUT2D eigenvalue weighted by Gasteiger charge is 2.38.